The molecule has 96 valence electrons. The highest BCUT2D eigenvalue weighted by Gasteiger charge is 2.52. The van der Waals surface area contributed by atoms with Crippen LogP contribution < -0.4 is 4.74 Å². The van der Waals surface area contributed by atoms with Crippen molar-refractivity contribution in [3.8, 4) is 11.8 Å². The lowest BCUT2D eigenvalue weighted by Crippen LogP contribution is -2.28. The van der Waals surface area contributed by atoms with E-state index < -0.39 is 0 Å². The first-order valence-corrected chi connectivity index (χ1v) is 6.33. The van der Waals surface area contributed by atoms with Crippen molar-refractivity contribution < 1.29 is 4.74 Å². The van der Waals surface area contributed by atoms with Gasteiger partial charge < -0.3 is 9.64 Å². The summed E-state index contributed by atoms with van der Waals surface area (Å²) in [5.74, 6) is 0.791. The van der Waals surface area contributed by atoms with Crippen LogP contribution in [-0.2, 0) is 0 Å². The van der Waals surface area contributed by atoms with Gasteiger partial charge in [0.15, 0.2) is 0 Å². The average molecular weight is 265 g/mol. The van der Waals surface area contributed by atoms with Crippen LogP contribution in [0.1, 0.15) is 24.4 Å². The predicted molar refractivity (Wildman–Crippen MR) is 71.7 cm³/mol. The van der Waals surface area contributed by atoms with Crippen LogP contribution in [0.25, 0.3) is 0 Å². The van der Waals surface area contributed by atoms with Gasteiger partial charge in [-0.05, 0) is 45.1 Å². The molecule has 0 amide bonds. The highest BCUT2D eigenvalue weighted by molar-refractivity contribution is 6.30. The van der Waals surface area contributed by atoms with Crippen LogP contribution in [0, 0.1) is 16.7 Å². The number of hydrogen-bond donors (Lipinski definition) is 0. The molecule has 1 unspecified atom stereocenters. The van der Waals surface area contributed by atoms with Gasteiger partial charge >= 0.3 is 0 Å². The van der Waals surface area contributed by atoms with E-state index in [2.05, 4.69) is 11.0 Å². The van der Waals surface area contributed by atoms with Crippen molar-refractivity contribution in [3.63, 3.8) is 0 Å². The second-order valence-electron chi connectivity index (χ2n) is 5.02. The van der Waals surface area contributed by atoms with E-state index in [1.165, 1.54) is 0 Å². The Labute approximate surface area is 113 Å². The standard InChI is InChI=1S/C14H17ClN2O/c1-17(2)13(14(9-16)6-7-14)11-8-10(15)4-5-12(11)18-3/h4-5,8,13H,6-7H2,1-3H3. The summed E-state index contributed by atoms with van der Waals surface area (Å²) in [5, 5.41) is 10.1. The molecule has 1 atom stereocenters. The maximum Gasteiger partial charge on any atom is 0.123 e. The van der Waals surface area contributed by atoms with E-state index in [-0.39, 0.29) is 11.5 Å². The molecule has 18 heavy (non-hydrogen) atoms. The average Bonchev–Trinajstić information content (AvgIpc) is 3.10. The molecule has 0 bridgehead atoms. The molecule has 1 fully saturated rings. The van der Waals surface area contributed by atoms with Gasteiger partial charge in [-0.1, -0.05) is 11.6 Å². The fraction of sp³-hybridized carbons (Fsp3) is 0.500. The van der Waals surface area contributed by atoms with Crippen LogP contribution >= 0.6 is 11.6 Å². The molecule has 3 nitrogen and oxygen atoms in total. The summed E-state index contributed by atoms with van der Waals surface area (Å²) >= 11 is 6.08. The van der Waals surface area contributed by atoms with Crippen molar-refractivity contribution in [2.24, 2.45) is 5.41 Å². The lowest BCUT2D eigenvalue weighted by molar-refractivity contribution is 0.226. The van der Waals surface area contributed by atoms with E-state index in [4.69, 9.17) is 16.3 Å². The van der Waals surface area contributed by atoms with E-state index in [1.807, 2.05) is 32.3 Å². The van der Waals surface area contributed by atoms with Gasteiger partial charge in [-0.3, -0.25) is 0 Å². The first-order valence-electron chi connectivity index (χ1n) is 5.95. The Morgan fingerprint density at radius 1 is 1.44 bits per heavy atom. The smallest absolute Gasteiger partial charge is 0.123 e. The third-order valence-electron chi connectivity index (χ3n) is 3.54. The molecule has 1 aromatic rings. The maximum atomic E-state index is 9.42. The van der Waals surface area contributed by atoms with E-state index in [0.717, 1.165) is 24.2 Å². The highest BCUT2D eigenvalue weighted by atomic mass is 35.5. The van der Waals surface area contributed by atoms with Gasteiger partial charge in [-0.15, -0.1) is 0 Å². The summed E-state index contributed by atoms with van der Waals surface area (Å²) < 4.78 is 5.40. The molecule has 4 heteroatoms. The lowest BCUT2D eigenvalue weighted by Gasteiger charge is -2.30. The topological polar surface area (TPSA) is 36.3 Å². The van der Waals surface area contributed by atoms with Crippen LogP contribution in [-0.4, -0.2) is 26.1 Å². The molecular formula is C14H17ClN2O. The number of nitrogens with zero attached hydrogens (tertiary/aromatic N) is 2. The molecule has 0 aromatic heterocycles. The fourth-order valence-electron chi connectivity index (χ4n) is 2.57. The Morgan fingerprint density at radius 3 is 2.56 bits per heavy atom. The molecule has 0 radical (unpaired) electrons. The Morgan fingerprint density at radius 2 is 2.11 bits per heavy atom. The molecule has 1 aromatic carbocycles. The summed E-state index contributed by atoms with van der Waals surface area (Å²) in [5.41, 5.74) is 0.704. The predicted octanol–water partition coefficient (Wildman–Crippen LogP) is 3.26. The van der Waals surface area contributed by atoms with Crippen LogP contribution in [0.2, 0.25) is 5.02 Å². The molecule has 1 saturated carbocycles. The molecule has 0 aliphatic heterocycles. The minimum Gasteiger partial charge on any atom is -0.496 e. The first kappa shape index (κ1) is 13.2. The zero-order chi connectivity index (χ0) is 13.3. The number of hydrogen-bond acceptors (Lipinski definition) is 3. The molecule has 2 rings (SSSR count). The van der Waals surface area contributed by atoms with Crippen molar-refractivity contribution in [3.05, 3.63) is 28.8 Å². The number of nitriles is 1. The maximum absolute atomic E-state index is 9.42. The number of ether oxygens (including phenoxy) is 1. The van der Waals surface area contributed by atoms with Crippen molar-refractivity contribution in [1.29, 1.82) is 5.26 Å². The third kappa shape index (κ3) is 2.19. The summed E-state index contributed by atoms with van der Waals surface area (Å²) in [6, 6.07) is 8.06. The SMILES string of the molecule is COc1ccc(Cl)cc1C(N(C)C)C1(C#N)CC1. The minimum absolute atomic E-state index is 0.0242. The van der Waals surface area contributed by atoms with Crippen molar-refractivity contribution in [2.75, 3.05) is 21.2 Å². The monoisotopic (exact) mass is 264 g/mol. The zero-order valence-corrected chi connectivity index (χ0v) is 11.7. The summed E-state index contributed by atoms with van der Waals surface area (Å²) in [7, 11) is 5.62. The van der Waals surface area contributed by atoms with Crippen molar-refractivity contribution in [2.45, 2.75) is 18.9 Å². The molecule has 1 aliphatic rings. The summed E-state index contributed by atoms with van der Waals surface area (Å²) in [6.45, 7) is 0. The normalized spacial score (nSPS) is 18.2. The van der Waals surface area contributed by atoms with Gasteiger partial charge in [0.1, 0.15) is 5.75 Å². The van der Waals surface area contributed by atoms with Gasteiger partial charge in [0.25, 0.3) is 0 Å². The van der Waals surface area contributed by atoms with Crippen LogP contribution in [0.15, 0.2) is 18.2 Å². The van der Waals surface area contributed by atoms with Gasteiger partial charge in [-0.25, -0.2) is 0 Å². The van der Waals surface area contributed by atoms with Crippen molar-refractivity contribution >= 4 is 11.6 Å². The number of halogens is 1. The third-order valence-corrected chi connectivity index (χ3v) is 3.77. The van der Waals surface area contributed by atoms with Gasteiger partial charge in [0, 0.05) is 10.6 Å². The van der Waals surface area contributed by atoms with Crippen LogP contribution in [0.5, 0.6) is 5.75 Å². The molecule has 0 N–H and O–H groups in total. The fourth-order valence-corrected chi connectivity index (χ4v) is 2.75. The number of methoxy groups -OCH3 is 1. The molecule has 0 heterocycles. The second kappa shape index (κ2) is 4.79. The first-order chi connectivity index (χ1) is 8.54. The van der Waals surface area contributed by atoms with E-state index in [1.54, 1.807) is 7.11 Å². The molecular weight excluding hydrogens is 248 g/mol. The number of rotatable bonds is 4. The summed E-state index contributed by atoms with van der Waals surface area (Å²) in [4.78, 5) is 2.07. The lowest BCUT2D eigenvalue weighted by atomic mass is 9.89. The Bertz CT molecular complexity index is 489. The second-order valence-corrected chi connectivity index (χ2v) is 5.46. The minimum atomic E-state index is -0.290. The van der Waals surface area contributed by atoms with Gasteiger partial charge in [0.2, 0.25) is 0 Å². The Hall–Kier alpha value is -1.24. The van der Waals surface area contributed by atoms with Crippen LogP contribution in [0.3, 0.4) is 0 Å². The van der Waals surface area contributed by atoms with Gasteiger partial charge in [0.05, 0.1) is 24.6 Å². The van der Waals surface area contributed by atoms with E-state index in [9.17, 15) is 5.26 Å². The number of benzene rings is 1. The summed E-state index contributed by atoms with van der Waals surface area (Å²) in [6.07, 6.45) is 1.87. The highest BCUT2D eigenvalue weighted by Crippen LogP contribution is 2.57. The molecule has 1 aliphatic carbocycles. The molecule has 0 saturated heterocycles. The molecule has 0 spiro atoms. The van der Waals surface area contributed by atoms with Crippen molar-refractivity contribution in [1.82, 2.24) is 4.90 Å². The van der Waals surface area contributed by atoms with Gasteiger partial charge in [-0.2, -0.15) is 5.26 Å². The Balaban J connectivity index is 2.50. The zero-order valence-electron chi connectivity index (χ0n) is 10.9. The van der Waals surface area contributed by atoms with Crippen LogP contribution in [0.4, 0.5) is 0 Å². The Kier molecular flexibility index (Phi) is 3.52. The van der Waals surface area contributed by atoms with E-state index in [0.29, 0.717) is 5.02 Å². The largest absolute Gasteiger partial charge is 0.496 e. The van der Waals surface area contributed by atoms with E-state index >= 15 is 0 Å². The quantitative estimate of drug-likeness (QED) is 0.838.